The number of H-pyrrole nitrogens is 1. The van der Waals surface area contributed by atoms with Crippen LogP contribution in [0, 0.1) is 6.92 Å². The number of rotatable bonds is 1. The average molecular weight is 258 g/mol. The van der Waals surface area contributed by atoms with Gasteiger partial charge in [0.1, 0.15) is 6.04 Å². The number of nitrogens with one attached hydrogen (secondary N) is 1. The number of likely N-dealkylation sites (N-methyl/N-ethyl adjacent to an activating group) is 1. The van der Waals surface area contributed by atoms with E-state index in [0.29, 0.717) is 6.42 Å². The highest BCUT2D eigenvalue weighted by Gasteiger charge is 2.31. The van der Waals surface area contributed by atoms with Crippen LogP contribution in [0.5, 0.6) is 0 Å². The fraction of sp³-hybridized carbons (Fsp3) is 0.400. The molecule has 0 saturated heterocycles. The summed E-state index contributed by atoms with van der Waals surface area (Å²) >= 11 is 0. The molecule has 3 rings (SSSR count). The summed E-state index contributed by atoms with van der Waals surface area (Å²) in [5, 5.41) is 1.22. The first-order valence-electron chi connectivity index (χ1n) is 6.48. The third-order valence-electron chi connectivity index (χ3n) is 3.96. The number of nitrogens with zero attached hydrogens (tertiary/aromatic N) is 1. The molecule has 1 aliphatic heterocycles. The number of benzene rings is 1. The third kappa shape index (κ3) is 1.92. The molecule has 4 heteroatoms. The maximum atomic E-state index is 11.8. The lowest BCUT2D eigenvalue weighted by molar-refractivity contribution is -0.147. The van der Waals surface area contributed by atoms with Gasteiger partial charge in [0, 0.05) is 29.6 Å². The summed E-state index contributed by atoms with van der Waals surface area (Å²) in [7, 11) is 3.41. The predicted molar refractivity (Wildman–Crippen MR) is 74.0 cm³/mol. The second-order valence-electron chi connectivity index (χ2n) is 5.29. The van der Waals surface area contributed by atoms with E-state index in [1.54, 1.807) is 0 Å². The molecule has 0 aliphatic carbocycles. The molecule has 0 saturated carbocycles. The third-order valence-corrected chi connectivity index (χ3v) is 3.96. The number of ether oxygens (including phenoxy) is 1. The molecule has 1 aliphatic rings. The van der Waals surface area contributed by atoms with Gasteiger partial charge in [-0.25, -0.2) is 0 Å². The molecule has 2 heterocycles. The van der Waals surface area contributed by atoms with Crippen molar-refractivity contribution in [3.63, 3.8) is 0 Å². The average Bonchev–Trinajstić information content (AvgIpc) is 2.72. The molecule has 2 aromatic rings. The van der Waals surface area contributed by atoms with Gasteiger partial charge in [0.15, 0.2) is 0 Å². The summed E-state index contributed by atoms with van der Waals surface area (Å²) in [4.78, 5) is 17.3. The molecule has 1 N–H and O–H groups in total. The Bertz CT molecular complexity index is 645. The summed E-state index contributed by atoms with van der Waals surface area (Å²) in [6.07, 6.45) is 0.710. The van der Waals surface area contributed by atoms with Crippen LogP contribution in [-0.4, -0.2) is 36.1 Å². The minimum absolute atomic E-state index is 0.158. The van der Waals surface area contributed by atoms with Crippen molar-refractivity contribution >= 4 is 16.9 Å². The lowest BCUT2D eigenvalue weighted by Gasteiger charge is -2.30. The smallest absolute Gasteiger partial charge is 0.323 e. The Labute approximate surface area is 112 Å². The molecular weight excluding hydrogens is 240 g/mol. The van der Waals surface area contributed by atoms with Gasteiger partial charge in [-0.05, 0) is 31.2 Å². The topological polar surface area (TPSA) is 45.3 Å². The van der Waals surface area contributed by atoms with E-state index >= 15 is 0 Å². The molecule has 0 radical (unpaired) electrons. The SMILES string of the molecule is COC(=O)[C@H]1Cc2c([nH]c3cc(C)ccc23)CN1C. The summed E-state index contributed by atoms with van der Waals surface area (Å²) < 4.78 is 4.89. The second-order valence-corrected chi connectivity index (χ2v) is 5.29. The van der Waals surface area contributed by atoms with Gasteiger partial charge in [-0.3, -0.25) is 9.69 Å². The van der Waals surface area contributed by atoms with Crippen molar-refractivity contribution in [3.8, 4) is 0 Å². The standard InChI is InChI=1S/C15H18N2O2/c1-9-4-5-10-11-7-14(15(18)19-3)17(2)8-13(11)16-12(10)6-9/h4-6,14,16H,7-8H2,1-3H3/t14-/m1/s1. The minimum atomic E-state index is -0.183. The molecule has 0 bridgehead atoms. The van der Waals surface area contributed by atoms with Crippen molar-refractivity contribution in [3.05, 3.63) is 35.0 Å². The van der Waals surface area contributed by atoms with E-state index in [-0.39, 0.29) is 12.0 Å². The molecule has 0 spiro atoms. The van der Waals surface area contributed by atoms with E-state index in [1.165, 1.54) is 29.3 Å². The highest BCUT2D eigenvalue weighted by molar-refractivity contribution is 5.87. The maximum Gasteiger partial charge on any atom is 0.323 e. The molecule has 100 valence electrons. The fourth-order valence-corrected chi connectivity index (χ4v) is 2.90. The van der Waals surface area contributed by atoms with Crippen molar-refractivity contribution in [2.45, 2.75) is 25.9 Å². The highest BCUT2D eigenvalue weighted by Crippen LogP contribution is 2.30. The number of esters is 1. The number of aromatic amines is 1. The van der Waals surface area contributed by atoms with Crippen LogP contribution in [-0.2, 0) is 22.5 Å². The number of methoxy groups -OCH3 is 1. The number of aromatic nitrogens is 1. The monoisotopic (exact) mass is 258 g/mol. The van der Waals surface area contributed by atoms with Gasteiger partial charge in [-0.1, -0.05) is 12.1 Å². The Balaban J connectivity index is 2.07. The van der Waals surface area contributed by atoms with Gasteiger partial charge in [-0.2, -0.15) is 0 Å². The molecule has 0 unspecified atom stereocenters. The van der Waals surface area contributed by atoms with Crippen LogP contribution in [0.15, 0.2) is 18.2 Å². The normalized spacial score (nSPS) is 19.4. The first kappa shape index (κ1) is 12.2. The summed E-state index contributed by atoms with van der Waals surface area (Å²) in [6.45, 7) is 2.84. The highest BCUT2D eigenvalue weighted by atomic mass is 16.5. The van der Waals surface area contributed by atoms with Crippen LogP contribution < -0.4 is 0 Å². The molecule has 0 fully saturated rings. The van der Waals surface area contributed by atoms with Crippen molar-refractivity contribution in [2.75, 3.05) is 14.2 Å². The first-order chi connectivity index (χ1) is 9.10. The first-order valence-corrected chi connectivity index (χ1v) is 6.48. The zero-order valence-electron chi connectivity index (χ0n) is 11.5. The number of aryl methyl sites for hydroxylation is 1. The Morgan fingerprint density at radius 1 is 1.47 bits per heavy atom. The molecule has 0 amide bonds. The molecule has 1 aromatic carbocycles. The van der Waals surface area contributed by atoms with E-state index in [9.17, 15) is 4.79 Å². The van der Waals surface area contributed by atoms with Gasteiger partial charge in [-0.15, -0.1) is 0 Å². The Hall–Kier alpha value is -1.81. The lowest BCUT2D eigenvalue weighted by atomic mass is 9.97. The van der Waals surface area contributed by atoms with Crippen LogP contribution >= 0.6 is 0 Å². The Morgan fingerprint density at radius 3 is 3.00 bits per heavy atom. The summed E-state index contributed by atoms with van der Waals surface area (Å²) in [5.74, 6) is -0.158. The molecule has 1 atom stereocenters. The van der Waals surface area contributed by atoms with Gasteiger partial charge in [0.05, 0.1) is 7.11 Å². The summed E-state index contributed by atoms with van der Waals surface area (Å²) in [5.41, 5.74) is 4.86. The van der Waals surface area contributed by atoms with E-state index < -0.39 is 0 Å². The van der Waals surface area contributed by atoms with E-state index in [2.05, 4.69) is 30.1 Å². The van der Waals surface area contributed by atoms with Crippen LogP contribution in [0.2, 0.25) is 0 Å². The van der Waals surface area contributed by atoms with Crippen molar-refractivity contribution in [1.82, 2.24) is 9.88 Å². The number of carbonyl (C=O) groups is 1. The molecule has 1 aromatic heterocycles. The van der Waals surface area contributed by atoms with Gasteiger partial charge in [0.2, 0.25) is 0 Å². The summed E-state index contributed by atoms with van der Waals surface area (Å²) in [6, 6.07) is 6.22. The van der Waals surface area contributed by atoms with Gasteiger partial charge in [0.25, 0.3) is 0 Å². The number of fused-ring (bicyclic) bond motifs is 3. The Morgan fingerprint density at radius 2 is 2.26 bits per heavy atom. The number of hydrogen-bond acceptors (Lipinski definition) is 3. The number of carbonyl (C=O) groups excluding carboxylic acids is 1. The van der Waals surface area contributed by atoms with E-state index in [1.807, 2.05) is 11.9 Å². The maximum absolute atomic E-state index is 11.8. The predicted octanol–water partition coefficient (Wildman–Crippen LogP) is 2.01. The lowest BCUT2D eigenvalue weighted by Crippen LogP contribution is -2.43. The molecular formula is C15H18N2O2. The van der Waals surface area contributed by atoms with Crippen molar-refractivity contribution in [1.29, 1.82) is 0 Å². The minimum Gasteiger partial charge on any atom is -0.468 e. The zero-order chi connectivity index (χ0) is 13.6. The zero-order valence-corrected chi connectivity index (χ0v) is 11.5. The van der Waals surface area contributed by atoms with Crippen LogP contribution in [0.3, 0.4) is 0 Å². The fourth-order valence-electron chi connectivity index (χ4n) is 2.90. The quantitative estimate of drug-likeness (QED) is 0.796. The number of hydrogen-bond donors (Lipinski definition) is 1. The second kappa shape index (κ2) is 4.38. The van der Waals surface area contributed by atoms with Crippen molar-refractivity contribution < 1.29 is 9.53 Å². The van der Waals surface area contributed by atoms with Crippen LogP contribution in [0.25, 0.3) is 10.9 Å². The molecule has 19 heavy (non-hydrogen) atoms. The molecule has 4 nitrogen and oxygen atoms in total. The van der Waals surface area contributed by atoms with Gasteiger partial charge >= 0.3 is 5.97 Å². The Kier molecular flexibility index (Phi) is 2.82. The van der Waals surface area contributed by atoms with E-state index in [4.69, 9.17) is 4.74 Å². The van der Waals surface area contributed by atoms with Crippen LogP contribution in [0.1, 0.15) is 16.8 Å². The van der Waals surface area contributed by atoms with Crippen molar-refractivity contribution in [2.24, 2.45) is 0 Å². The van der Waals surface area contributed by atoms with Crippen LogP contribution in [0.4, 0.5) is 0 Å². The largest absolute Gasteiger partial charge is 0.468 e. The van der Waals surface area contributed by atoms with Gasteiger partial charge < -0.3 is 9.72 Å². The van der Waals surface area contributed by atoms with E-state index in [0.717, 1.165) is 12.1 Å².